The zero-order valence-corrected chi connectivity index (χ0v) is 24.8. The van der Waals surface area contributed by atoms with Crippen LogP contribution in [0.3, 0.4) is 0 Å². The molecule has 6 atom stereocenters. The SMILES string of the molecule is CCc1nc[nH]c1Cc1cc(/C=C/C(=O)N2c3c(cc(O)c4c3CC[C@@]3(O4)O[C@H](CO)[C@@H](O)[C@H](O)[C@H]3O)C[C@@H]2C(=O)O)ccc1O. The lowest BCUT2D eigenvalue weighted by Crippen LogP contribution is -2.68. The van der Waals surface area contributed by atoms with Crippen molar-refractivity contribution in [2.45, 2.75) is 75.3 Å². The lowest BCUT2D eigenvalue weighted by Gasteiger charge is -2.50. The number of hydrogen-bond acceptors (Lipinski definition) is 11. The number of fused-ring (bicyclic) bond motifs is 3. The zero-order chi connectivity index (χ0) is 32.9. The number of aliphatic hydroxyl groups excluding tert-OH is 4. The molecule has 0 saturated carbocycles. The lowest BCUT2D eigenvalue weighted by molar-refractivity contribution is -0.342. The number of benzene rings is 2. The van der Waals surface area contributed by atoms with E-state index < -0.39 is 54.7 Å². The number of carbonyl (C=O) groups excluding carboxylic acids is 1. The van der Waals surface area contributed by atoms with Crippen molar-refractivity contribution < 1.29 is 54.8 Å². The van der Waals surface area contributed by atoms with Gasteiger partial charge in [-0.1, -0.05) is 13.0 Å². The molecule has 3 aliphatic rings. The maximum atomic E-state index is 13.7. The van der Waals surface area contributed by atoms with Crippen molar-refractivity contribution in [2.24, 2.45) is 0 Å². The highest BCUT2D eigenvalue weighted by atomic mass is 16.7. The van der Waals surface area contributed by atoms with Gasteiger partial charge in [-0.25, -0.2) is 9.78 Å². The van der Waals surface area contributed by atoms with Crippen molar-refractivity contribution in [2.75, 3.05) is 11.5 Å². The van der Waals surface area contributed by atoms with E-state index in [0.29, 0.717) is 35.1 Å². The lowest BCUT2D eigenvalue weighted by atomic mass is 9.86. The van der Waals surface area contributed by atoms with Crippen LogP contribution in [0.15, 0.2) is 36.7 Å². The highest BCUT2D eigenvalue weighted by Gasteiger charge is 2.57. The van der Waals surface area contributed by atoms with Gasteiger partial charge >= 0.3 is 5.97 Å². The molecule has 46 heavy (non-hydrogen) atoms. The number of carbonyl (C=O) groups is 2. The number of nitrogens with one attached hydrogen (secondary N) is 1. The van der Waals surface area contributed by atoms with Crippen LogP contribution < -0.4 is 9.64 Å². The first-order valence-corrected chi connectivity index (χ1v) is 14.9. The molecule has 0 radical (unpaired) electrons. The van der Waals surface area contributed by atoms with Gasteiger partial charge < -0.3 is 50.2 Å². The molecule has 1 amide bonds. The van der Waals surface area contributed by atoms with Crippen LogP contribution in [0.25, 0.3) is 6.08 Å². The second kappa shape index (κ2) is 12.0. The van der Waals surface area contributed by atoms with Crippen molar-refractivity contribution in [3.63, 3.8) is 0 Å². The zero-order valence-electron chi connectivity index (χ0n) is 24.8. The fraction of sp³-hybridized carbons (Fsp3) is 0.406. The number of anilines is 1. The van der Waals surface area contributed by atoms with Crippen molar-refractivity contribution in [3.8, 4) is 17.2 Å². The third kappa shape index (κ3) is 5.27. The largest absolute Gasteiger partial charge is 0.508 e. The number of aromatic amines is 1. The summed E-state index contributed by atoms with van der Waals surface area (Å²) in [6, 6.07) is 4.86. The highest BCUT2D eigenvalue weighted by Crippen LogP contribution is 2.51. The summed E-state index contributed by atoms with van der Waals surface area (Å²) in [5.74, 6) is -4.34. The van der Waals surface area contributed by atoms with Gasteiger partial charge in [-0.2, -0.15) is 0 Å². The molecule has 0 aliphatic carbocycles. The van der Waals surface area contributed by atoms with Crippen LogP contribution in [0, 0.1) is 0 Å². The Morgan fingerprint density at radius 2 is 1.93 bits per heavy atom. The van der Waals surface area contributed by atoms with Crippen LogP contribution in [-0.2, 0) is 40.0 Å². The van der Waals surface area contributed by atoms with Crippen LogP contribution in [-0.4, -0.2) is 100 Å². The minimum atomic E-state index is -1.94. The van der Waals surface area contributed by atoms with Gasteiger partial charge in [0.2, 0.25) is 5.79 Å². The highest BCUT2D eigenvalue weighted by molar-refractivity contribution is 6.10. The summed E-state index contributed by atoms with van der Waals surface area (Å²) in [5.41, 5.74) is 3.87. The minimum absolute atomic E-state index is 0.0264. The van der Waals surface area contributed by atoms with Gasteiger partial charge in [0.1, 0.15) is 36.2 Å². The molecule has 2 aromatic carbocycles. The second-order valence-electron chi connectivity index (χ2n) is 11.7. The van der Waals surface area contributed by atoms with Crippen LogP contribution in [0.2, 0.25) is 0 Å². The first-order chi connectivity index (χ1) is 22.0. The van der Waals surface area contributed by atoms with Crippen molar-refractivity contribution in [3.05, 3.63) is 70.3 Å². The van der Waals surface area contributed by atoms with Crippen LogP contribution >= 0.6 is 0 Å². The predicted octanol–water partition coefficient (Wildman–Crippen LogP) is 0.525. The summed E-state index contributed by atoms with van der Waals surface area (Å²) in [4.78, 5) is 34.6. The Balaban J connectivity index is 1.31. The summed E-state index contributed by atoms with van der Waals surface area (Å²) >= 11 is 0. The molecule has 0 bridgehead atoms. The molecule has 244 valence electrons. The molecule has 8 N–H and O–H groups in total. The van der Waals surface area contributed by atoms with E-state index >= 15 is 0 Å². The first-order valence-electron chi connectivity index (χ1n) is 14.9. The number of aryl methyl sites for hydroxylation is 1. The number of phenols is 2. The standard InChI is InChI=1S/C32H35N3O11/c1-2-19-20(34-14-33-19)10-16-9-15(3-5-22(16)37)4-6-25(39)35-21(31(43)44)11-17-12-23(38)29-18(26(17)35)7-8-32(46-29)30(42)28(41)27(40)24(13-36)45-32/h3-6,9,12,14,21,24,27-28,30,36-38,40-42H,2,7-8,10-11,13H2,1H3,(H,33,34)(H,43,44)/b6-4+/t21-,24-,27-,28+,30-,32+/m1/s1. The van der Waals surface area contributed by atoms with Crippen molar-refractivity contribution in [1.82, 2.24) is 9.97 Å². The normalized spacial score (nSPS) is 27.1. The fourth-order valence-corrected chi connectivity index (χ4v) is 6.59. The number of H-pyrrole nitrogens is 1. The molecule has 0 unspecified atom stereocenters. The molecule has 4 heterocycles. The Morgan fingerprint density at radius 1 is 1.15 bits per heavy atom. The number of aliphatic carboxylic acids is 1. The number of nitrogens with zero attached hydrogens (tertiary/aromatic N) is 2. The number of carboxylic acid groups (broad SMARTS) is 1. The summed E-state index contributed by atoms with van der Waals surface area (Å²) in [6.45, 7) is 1.29. The van der Waals surface area contributed by atoms with Gasteiger partial charge in [0.25, 0.3) is 5.91 Å². The summed E-state index contributed by atoms with van der Waals surface area (Å²) in [6.07, 6.45) is -1.09. The Labute approximate surface area is 262 Å². The molecule has 14 heteroatoms. The monoisotopic (exact) mass is 637 g/mol. The molecule has 1 aromatic heterocycles. The van der Waals surface area contributed by atoms with Crippen LogP contribution in [0.4, 0.5) is 5.69 Å². The number of carboxylic acids is 1. The molecule has 1 saturated heterocycles. The van der Waals surface area contributed by atoms with E-state index in [1.807, 2.05) is 6.92 Å². The first kappa shape index (κ1) is 31.5. The summed E-state index contributed by atoms with van der Waals surface area (Å²) in [5, 5.41) is 72.6. The summed E-state index contributed by atoms with van der Waals surface area (Å²) in [7, 11) is 0. The van der Waals surface area contributed by atoms with E-state index in [1.165, 1.54) is 24.3 Å². The van der Waals surface area contributed by atoms with E-state index in [-0.39, 0.29) is 42.2 Å². The average molecular weight is 638 g/mol. The number of aromatic nitrogens is 2. The number of aromatic hydroxyl groups is 2. The number of phenolic OH excluding ortho intramolecular Hbond substituents is 2. The molecular weight excluding hydrogens is 602 g/mol. The molecule has 3 aliphatic heterocycles. The van der Waals surface area contributed by atoms with E-state index in [0.717, 1.165) is 16.3 Å². The summed E-state index contributed by atoms with van der Waals surface area (Å²) < 4.78 is 11.7. The van der Waals surface area contributed by atoms with Gasteiger partial charge in [0, 0.05) is 42.2 Å². The van der Waals surface area contributed by atoms with E-state index in [2.05, 4.69) is 9.97 Å². The van der Waals surface area contributed by atoms with E-state index in [1.54, 1.807) is 18.5 Å². The van der Waals surface area contributed by atoms with E-state index in [9.17, 15) is 45.3 Å². The smallest absolute Gasteiger partial charge is 0.327 e. The van der Waals surface area contributed by atoms with Gasteiger partial charge in [0.15, 0.2) is 11.5 Å². The number of amides is 1. The maximum Gasteiger partial charge on any atom is 0.327 e. The van der Waals surface area contributed by atoms with Gasteiger partial charge in [-0.3, -0.25) is 9.69 Å². The van der Waals surface area contributed by atoms with Crippen molar-refractivity contribution in [1.29, 1.82) is 0 Å². The topological polar surface area (TPSA) is 226 Å². The second-order valence-corrected chi connectivity index (χ2v) is 11.7. The van der Waals surface area contributed by atoms with Crippen LogP contribution in [0.1, 0.15) is 47.0 Å². The third-order valence-corrected chi connectivity index (χ3v) is 8.96. The number of rotatable bonds is 7. The molecule has 1 fully saturated rings. The number of imidazole rings is 1. The molecule has 14 nitrogen and oxygen atoms in total. The van der Waals surface area contributed by atoms with Gasteiger partial charge in [-0.05, 0) is 48.2 Å². The van der Waals surface area contributed by atoms with Crippen LogP contribution in [0.5, 0.6) is 17.2 Å². The molecule has 1 spiro atoms. The predicted molar refractivity (Wildman–Crippen MR) is 160 cm³/mol. The molecule has 6 rings (SSSR count). The number of hydrogen-bond donors (Lipinski definition) is 8. The van der Waals surface area contributed by atoms with E-state index in [4.69, 9.17) is 9.47 Å². The average Bonchev–Trinajstić information content (AvgIpc) is 3.66. The Kier molecular flexibility index (Phi) is 8.25. The third-order valence-electron chi connectivity index (χ3n) is 8.96. The van der Waals surface area contributed by atoms with Crippen molar-refractivity contribution >= 4 is 23.6 Å². The number of aliphatic hydroxyl groups is 4. The quantitative estimate of drug-likeness (QED) is 0.166. The van der Waals surface area contributed by atoms with Gasteiger partial charge in [0.05, 0.1) is 24.3 Å². The molecular formula is C32H35N3O11. The van der Waals surface area contributed by atoms with Gasteiger partial charge in [-0.15, -0.1) is 0 Å². The Morgan fingerprint density at radius 3 is 2.65 bits per heavy atom. The number of ether oxygens (including phenoxy) is 2. The Bertz CT molecular complexity index is 1700. The molecule has 3 aromatic rings. The Hall–Kier alpha value is -4.47. The fourth-order valence-electron chi connectivity index (χ4n) is 6.59. The minimum Gasteiger partial charge on any atom is -0.508 e. The maximum absolute atomic E-state index is 13.7.